The van der Waals surface area contributed by atoms with E-state index < -0.39 is 10.0 Å². The minimum atomic E-state index is -3.07. The molecule has 7 heteroatoms. The molecule has 2 N–H and O–H groups in total. The first-order valence-electron chi connectivity index (χ1n) is 6.38. The zero-order valence-corrected chi connectivity index (χ0v) is 12.9. The minimum Gasteiger partial charge on any atom is -0.313 e. The molecule has 0 saturated heterocycles. The second-order valence-electron chi connectivity index (χ2n) is 5.66. The average Bonchev–Trinajstić information content (AvgIpc) is 2.69. The van der Waals surface area contributed by atoms with Crippen LogP contribution in [0, 0.1) is 0 Å². The van der Waals surface area contributed by atoms with Gasteiger partial charge in [0, 0.05) is 24.8 Å². The Hall–Kier alpha value is -0.920. The van der Waals surface area contributed by atoms with Gasteiger partial charge in [0.05, 0.1) is 18.0 Å². The lowest BCUT2D eigenvalue weighted by atomic mass is 10.1. The average molecular weight is 288 g/mol. The van der Waals surface area contributed by atoms with E-state index in [-0.39, 0.29) is 5.54 Å². The van der Waals surface area contributed by atoms with Crippen molar-refractivity contribution in [2.24, 2.45) is 0 Å². The monoisotopic (exact) mass is 288 g/mol. The Morgan fingerprint density at radius 2 is 2.00 bits per heavy atom. The molecule has 110 valence electrons. The van der Waals surface area contributed by atoms with Crippen LogP contribution >= 0.6 is 0 Å². The summed E-state index contributed by atoms with van der Waals surface area (Å²) in [6.45, 7) is 8.29. The topological polar surface area (TPSA) is 76.0 Å². The third kappa shape index (κ3) is 6.70. The molecule has 0 amide bonds. The van der Waals surface area contributed by atoms with Gasteiger partial charge >= 0.3 is 0 Å². The maximum absolute atomic E-state index is 10.8. The summed E-state index contributed by atoms with van der Waals surface area (Å²) in [4.78, 5) is 0. The lowest BCUT2D eigenvalue weighted by Gasteiger charge is -2.18. The van der Waals surface area contributed by atoms with Gasteiger partial charge in [0.25, 0.3) is 0 Å². The normalized spacial score (nSPS) is 12.8. The fourth-order valence-electron chi connectivity index (χ4n) is 1.52. The molecule has 1 aromatic heterocycles. The first-order chi connectivity index (χ1) is 8.68. The van der Waals surface area contributed by atoms with Crippen molar-refractivity contribution in [2.75, 3.05) is 19.3 Å². The molecule has 0 bridgehead atoms. The Bertz CT molecular complexity index is 488. The smallest absolute Gasteiger partial charge is 0.208 e. The summed E-state index contributed by atoms with van der Waals surface area (Å²) in [5.41, 5.74) is 1.13. The molecular formula is C12H24N4O2S. The molecule has 0 aromatic carbocycles. The molecule has 0 aliphatic heterocycles. The van der Waals surface area contributed by atoms with E-state index in [0.29, 0.717) is 6.54 Å². The van der Waals surface area contributed by atoms with Crippen LogP contribution in [0.1, 0.15) is 32.8 Å². The van der Waals surface area contributed by atoms with Crippen LogP contribution in [0.4, 0.5) is 0 Å². The number of rotatable bonds is 7. The van der Waals surface area contributed by atoms with Crippen molar-refractivity contribution < 1.29 is 8.42 Å². The minimum absolute atomic E-state index is 0.00233. The Kier molecular flexibility index (Phi) is 5.51. The largest absolute Gasteiger partial charge is 0.313 e. The summed E-state index contributed by atoms with van der Waals surface area (Å²) < 4.78 is 26.1. The van der Waals surface area contributed by atoms with Gasteiger partial charge < -0.3 is 5.32 Å². The first-order valence-corrected chi connectivity index (χ1v) is 8.27. The van der Waals surface area contributed by atoms with Gasteiger partial charge in [-0.3, -0.25) is 4.68 Å². The molecule has 0 aliphatic rings. The van der Waals surface area contributed by atoms with Crippen molar-refractivity contribution in [3.05, 3.63) is 18.0 Å². The maximum atomic E-state index is 10.8. The second-order valence-corrected chi connectivity index (χ2v) is 7.49. The van der Waals surface area contributed by atoms with Gasteiger partial charge in [0.15, 0.2) is 0 Å². The molecule has 0 saturated carbocycles. The van der Waals surface area contributed by atoms with Crippen LogP contribution in [-0.4, -0.2) is 37.5 Å². The second kappa shape index (κ2) is 6.49. The molecule has 1 heterocycles. The quantitative estimate of drug-likeness (QED) is 0.723. The van der Waals surface area contributed by atoms with E-state index in [4.69, 9.17) is 0 Å². The Morgan fingerprint density at radius 3 is 2.53 bits per heavy atom. The van der Waals surface area contributed by atoms with Crippen LogP contribution < -0.4 is 10.0 Å². The fourth-order valence-corrected chi connectivity index (χ4v) is 2.04. The van der Waals surface area contributed by atoms with Crippen molar-refractivity contribution in [2.45, 2.75) is 39.3 Å². The molecule has 0 radical (unpaired) electrons. The predicted molar refractivity (Wildman–Crippen MR) is 76.4 cm³/mol. The van der Waals surface area contributed by atoms with Crippen molar-refractivity contribution in [1.29, 1.82) is 0 Å². The van der Waals surface area contributed by atoms with Crippen LogP contribution in [0.3, 0.4) is 0 Å². The van der Waals surface area contributed by atoms with E-state index in [9.17, 15) is 8.42 Å². The highest BCUT2D eigenvalue weighted by Crippen LogP contribution is 2.12. The Morgan fingerprint density at radius 1 is 1.32 bits per heavy atom. The molecule has 0 atom stereocenters. The number of nitrogens with one attached hydrogen (secondary N) is 2. The third-order valence-electron chi connectivity index (χ3n) is 2.55. The van der Waals surface area contributed by atoms with Crippen LogP contribution in [-0.2, 0) is 22.1 Å². The molecule has 0 fully saturated rings. The summed E-state index contributed by atoms with van der Waals surface area (Å²) in [5.74, 6) is 0. The lowest BCUT2D eigenvalue weighted by molar-refractivity contribution is 0.355. The number of nitrogens with zero attached hydrogens (tertiary/aromatic N) is 2. The standard InChI is InChI=1S/C12H24N4O2S/c1-12(2,3)16-10-11(9-14-16)8-13-6-5-7-15-19(4,17)18/h9-10,13,15H,5-8H2,1-4H3. The summed E-state index contributed by atoms with van der Waals surface area (Å²) in [5, 5.41) is 7.58. The van der Waals surface area contributed by atoms with Gasteiger partial charge in [-0.15, -0.1) is 0 Å². The van der Waals surface area contributed by atoms with Gasteiger partial charge in [-0.05, 0) is 33.7 Å². The number of hydrogen-bond donors (Lipinski definition) is 2. The summed E-state index contributed by atoms with van der Waals surface area (Å²) in [6.07, 6.45) is 5.82. The molecule has 6 nitrogen and oxygen atoms in total. The van der Waals surface area contributed by atoms with E-state index in [1.807, 2.05) is 17.1 Å². The van der Waals surface area contributed by atoms with Crippen molar-refractivity contribution in [1.82, 2.24) is 19.8 Å². The Balaban J connectivity index is 2.22. The van der Waals surface area contributed by atoms with E-state index >= 15 is 0 Å². The number of sulfonamides is 1. The van der Waals surface area contributed by atoms with E-state index in [0.717, 1.165) is 25.1 Å². The van der Waals surface area contributed by atoms with Gasteiger partial charge in [0.2, 0.25) is 10.0 Å². The fraction of sp³-hybridized carbons (Fsp3) is 0.750. The highest BCUT2D eigenvalue weighted by atomic mass is 32.2. The van der Waals surface area contributed by atoms with Crippen LogP contribution in [0.25, 0.3) is 0 Å². The van der Waals surface area contributed by atoms with Gasteiger partial charge in [-0.1, -0.05) is 0 Å². The van der Waals surface area contributed by atoms with E-state index in [1.165, 1.54) is 6.26 Å². The highest BCUT2D eigenvalue weighted by molar-refractivity contribution is 7.88. The third-order valence-corrected chi connectivity index (χ3v) is 3.28. The number of aromatic nitrogens is 2. The molecule has 0 spiro atoms. The van der Waals surface area contributed by atoms with Crippen LogP contribution in [0.15, 0.2) is 12.4 Å². The molecular weight excluding hydrogens is 264 g/mol. The van der Waals surface area contributed by atoms with Crippen LogP contribution in [0.5, 0.6) is 0 Å². The summed E-state index contributed by atoms with van der Waals surface area (Å²) in [6, 6.07) is 0. The first kappa shape index (κ1) is 16.1. The molecule has 1 rings (SSSR count). The molecule has 1 aromatic rings. The lowest BCUT2D eigenvalue weighted by Crippen LogP contribution is -2.26. The summed E-state index contributed by atoms with van der Waals surface area (Å²) >= 11 is 0. The van der Waals surface area contributed by atoms with Crippen molar-refractivity contribution in [3.8, 4) is 0 Å². The van der Waals surface area contributed by atoms with Crippen molar-refractivity contribution in [3.63, 3.8) is 0 Å². The zero-order valence-electron chi connectivity index (χ0n) is 12.1. The predicted octanol–water partition coefficient (Wildman–Crippen LogP) is 0.667. The van der Waals surface area contributed by atoms with Crippen molar-refractivity contribution >= 4 is 10.0 Å². The van der Waals surface area contributed by atoms with E-state index in [2.05, 4.69) is 35.9 Å². The van der Waals surface area contributed by atoms with E-state index in [1.54, 1.807) is 0 Å². The Labute approximate surface area is 115 Å². The molecule has 0 aliphatic carbocycles. The van der Waals surface area contributed by atoms with Gasteiger partial charge in [-0.25, -0.2) is 13.1 Å². The maximum Gasteiger partial charge on any atom is 0.208 e. The van der Waals surface area contributed by atoms with Crippen LogP contribution in [0.2, 0.25) is 0 Å². The molecule has 19 heavy (non-hydrogen) atoms. The molecule has 0 unspecified atom stereocenters. The SMILES string of the molecule is CC(C)(C)n1cc(CNCCCNS(C)(=O)=O)cn1. The zero-order chi connectivity index (χ0) is 14.5. The number of hydrogen-bond acceptors (Lipinski definition) is 4. The summed E-state index contributed by atoms with van der Waals surface area (Å²) in [7, 11) is -3.07. The van der Waals surface area contributed by atoms with Gasteiger partial charge in [-0.2, -0.15) is 5.10 Å². The highest BCUT2D eigenvalue weighted by Gasteiger charge is 2.13. The van der Waals surface area contributed by atoms with Gasteiger partial charge in [0.1, 0.15) is 0 Å².